The molecule has 1 aliphatic heterocycles. The maximum Gasteiger partial charge on any atom is 0.0712 e. The van der Waals surface area contributed by atoms with Crippen molar-refractivity contribution in [1.82, 2.24) is 0 Å². The second kappa shape index (κ2) is 3.79. The maximum absolute atomic E-state index is 8.24. The van der Waals surface area contributed by atoms with Crippen LogP contribution in [0.4, 0.5) is 0 Å². The zero-order valence-corrected chi connectivity index (χ0v) is 8.65. The average molecular weight is 195 g/mol. The maximum atomic E-state index is 8.24. The molecule has 0 aromatic heterocycles. The van der Waals surface area contributed by atoms with Gasteiger partial charge in [-0.25, -0.2) is 0 Å². The summed E-state index contributed by atoms with van der Waals surface area (Å²) in [6, 6.07) is 0. The summed E-state index contributed by atoms with van der Waals surface area (Å²) < 4.78 is 6.06. The van der Waals surface area contributed by atoms with E-state index in [4.69, 9.17) is 10.3 Å². The summed E-state index contributed by atoms with van der Waals surface area (Å²) in [6.45, 7) is 2.79. The lowest BCUT2D eigenvalue weighted by Crippen LogP contribution is -2.32. The predicted octanol–water partition coefficient (Wildman–Crippen LogP) is 3.03. The van der Waals surface area contributed by atoms with Crippen molar-refractivity contribution in [2.75, 3.05) is 6.54 Å². The second-order valence-corrected chi connectivity index (χ2v) is 4.55. The first kappa shape index (κ1) is 9.81. The fourth-order valence-electron chi connectivity index (χ4n) is 2.87. The number of ether oxygens (including phenoxy) is 1. The molecule has 2 rings (SSSR count). The van der Waals surface area contributed by atoms with E-state index < -0.39 is 0 Å². The lowest BCUT2D eigenvalue weighted by Gasteiger charge is -2.29. The minimum atomic E-state index is 0.135. The molecule has 1 saturated carbocycles. The smallest absolute Gasteiger partial charge is 0.0712 e. The van der Waals surface area contributed by atoms with Gasteiger partial charge in [0.2, 0.25) is 0 Å². The molecule has 0 radical (unpaired) electrons. The summed E-state index contributed by atoms with van der Waals surface area (Å²) in [6.07, 6.45) is 6.15. The van der Waals surface area contributed by atoms with Gasteiger partial charge in [0, 0.05) is 4.91 Å². The van der Waals surface area contributed by atoms with Crippen LogP contribution in [-0.4, -0.2) is 18.2 Å². The van der Waals surface area contributed by atoms with Crippen molar-refractivity contribution < 1.29 is 4.74 Å². The molecule has 0 bridgehead atoms. The van der Waals surface area contributed by atoms with Gasteiger partial charge in [-0.15, -0.1) is 0 Å². The van der Waals surface area contributed by atoms with E-state index in [9.17, 15) is 0 Å². The highest BCUT2D eigenvalue weighted by Gasteiger charge is 2.46. The van der Waals surface area contributed by atoms with E-state index in [2.05, 4.69) is 16.9 Å². The van der Waals surface area contributed by atoms with Crippen LogP contribution in [0.25, 0.3) is 10.4 Å². The zero-order valence-electron chi connectivity index (χ0n) is 8.65. The molecule has 1 spiro atoms. The van der Waals surface area contributed by atoms with E-state index in [0.717, 1.165) is 12.8 Å². The fraction of sp³-hybridized carbons (Fsp3) is 1.00. The van der Waals surface area contributed by atoms with Gasteiger partial charge in [-0.1, -0.05) is 18.5 Å². The normalized spacial score (nSPS) is 41.5. The van der Waals surface area contributed by atoms with Crippen LogP contribution in [-0.2, 0) is 4.74 Å². The number of nitrogens with zero attached hydrogens (tertiary/aromatic N) is 3. The van der Waals surface area contributed by atoms with Gasteiger partial charge in [0.05, 0.1) is 18.2 Å². The Kier molecular flexibility index (Phi) is 2.66. The Balaban J connectivity index is 1.96. The summed E-state index contributed by atoms with van der Waals surface area (Å²) in [5, 5.41) is 3.59. The number of rotatable bonds is 2. The van der Waals surface area contributed by atoms with Gasteiger partial charge >= 0.3 is 0 Å². The van der Waals surface area contributed by atoms with Gasteiger partial charge < -0.3 is 4.74 Å². The molecular weight excluding hydrogens is 178 g/mol. The quantitative estimate of drug-likeness (QED) is 0.379. The monoisotopic (exact) mass is 195 g/mol. The van der Waals surface area contributed by atoms with Crippen LogP contribution in [0.2, 0.25) is 0 Å². The minimum Gasteiger partial charge on any atom is -0.371 e. The molecule has 2 aliphatic rings. The Hall–Kier alpha value is -0.730. The standard InChI is InChI=1S/C10H17N3O/c1-8-3-2-5-10(8)6-4-9(14-10)7-12-13-11/h8-9H,2-7H2,1H3/t8-,9-,10+/m1/s1. The molecule has 0 aromatic rings. The highest BCUT2D eigenvalue weighted by molar-refractivity contribution is 4.97. The summed E-state index contributed by atoms with van der Waals surface area (Å²) in [5.74, 6) is 0.679. The van der Waals surface area contributed by atoms with Gasteiger partial charge in [-0.2, -0.15) is 0 Å². The number of hydrogen-bond acceptors (Lipinski definition) is 2. The lowest BCUT2D eigenvalue weighted by molar-refractivity contribution is -0.0579. The first-order chi connectivity index (χ1) is 6.77. The van der Waals surface area contributed by atoms with Gasteiger partial charge in [-0.3, -0.25) is 0 Å². The van der Waals surface area contributed by atoms with Gasteiger partial charge in [0.15, 0.2) is 0 Å². The van der Waals surface area contributed by atoms with Crippen LogP contribution in [0, 0.1) is 5.92 Å². The van der Waals surface area contributed by atoms with Crippen LogP contribution in [0.1, 0.15) is 39.0 Å². The fourth-order valence-corrected chi connectivity index (χ4v) is 2.87. The van der Waals surface area contributed by atoms with Crippen molar-refractivity contribution in [2.24, 2.45) is 11.0 Å². The Morgan fingerprint density at radius 1 is 1.50 bits per heavy atom. The molecule has 3 atom stereocenters. The lowest BCUT2D eigenvalue weighted by atomic mass is 9.89. The molecule has 0 aromatic carbocycles. The largest absolute Gasteiger partial charge is 0.371 e. The summed E-state index contributed by atoms with van der Waals surface area (Å²) in [4.78, 5) is 2.78. The highest BCUT2D eigenvalue weighted by Crippen LogP contribution is 2.47. The van der Waals surface area contributed by atoms with Crippen molar-refractivity contribution in [3.63, 3.8) is 0 Å². The van der Waals surface area contributed by atoms with Crippen molar-refractivity contribution in [2.45, 2.75) is 50.7 Å². The molecule has 2 fully saturated rings. The molecule has 1 heterocycles. The van der Waals surface area contributed by atoms with Crippen LogP contribution in [0.5, 0.6) is 0 Å². The summed E-state index contributed by atoms with van der Waals surface area (Å²) >= 11 is 0. The molecule has 14 heavy (non-hydrogen) atoms. The molecule has 78 valence electrons. The summed E-state index contributed by atoms with van der Waals surface area (Å²) in [7, 11) is 0. The van der Waals surface area contributed by atoms with Crippen LogP contribution >= 0.6 is 0 Å². The van der Waals surface area contributed by atoms with Crippen molar-refractivity contribution in [3.05, 3.63) is 10.4 Å². The summed E-state index contributed by atoms with van der Waals surface area (Å²) in [5.41, 5.74) is 8.37. The van der Waals surface area contributed by atoms with Crippen molar-refractivity contribution in [3.8, 4) is 0 Å². The highest BCUT2D eigenvalue weighted by atomic mass is 16.5. The van der Waals surface area contributed by atoms with Gasteiger partial charge in [0.1, 0.15) is 0 Å². The second-order valence-electron chi connectivity index (χ2n) is 4.55. The SMILES string of the molecule is C[C@@H]1CCC[C@]12CC[C@H](CN=[N+]=[N-])O2. The molecular formula is C10H17N3O. The van der Waals surface area contributed by atoms with Crippen molar-refractivity contribution >= 4 is 0 Å². The van der Waals surface area contributed by atoms with E-state index in [1.165, 1.54) is 19.3 Å². The van der Waals surface area contributed by atoms with Crippen LogP contribution in [0.3, 0.4) is 0 Å². The average Bonchev–Trinajstić information content (AvgIpc) is 2.74. The first-order valence-electron chi connectivity index (χ1n) is 5.45. The van der Waals surface area contributed by atoms with Crippen LogP contribution < -0.4 is 0 Å². The predicted molar refractivity (Wildman–Crippen MR) is 53.9 cm³/mol. The van der Waals surface area contributed by atoms with Gasteiger partial charge in [0.25, 0.3) is 0 Å². The third kappa shape index (κ3) is 1.60. The van der Waals surface area contributed by atoms with Crippen LogP contribution in [0.15, 0.2) is 5.11 Å². The Bertz CT molecular complexity index is 262. The Morgan fingerprint density at radius 3 is 3.00 bits per heavy atom. The molecule has 1 aliphatic carbocycles. The van der Waals surface area contributed by atoms with E-state index in [1.54, 1.807) is 0 Å². The third-order valence-corrected chi connectivity index (χ3v) is 3.77. The zero-order chi connectivity index (χ0) is 10.0. The van der Waals surface area contributed by atoms with E-state index in [0.29, 0.717) is 12.5 Å². The molecule has 0 unspecified atom stereocenters. The van der Waals surface area contributed by atoms with E-state index in [-0.39, 0.29) is 11.7 Å². The Morgan fingerprint density at radius 2 is 2.36 bits per heavy atom. The molecule has 0 amide bonds. The number of hydrogen-bond donors (Lipinski definition) is 0. The Labute approximate surface area is 84.3 Å². The molecule has 1 saturated heterocycles. The molecule has 4 heteroatoms. The van der Waals surface area contributed by atoms with E-state index in [1.807, 2.05) is 0 Å². The minimum absolute atomic E-state index is 0.135. The molecule has 4 nitrogen and oxygen atoms in total. The molecule has 0 N–H and O–H groups in total. The first-order valence-corrected chi connectivity index (χ1v) is 5.45. The third-order valence-electron chi connectivity index (χ3n) is 3.77. The number of azide groups is 1. The van der Waals surface area contributed by atoms with E-state index >= 15 is 0 Å². The topological polar surface area (TPSA) is 58.0 Å². The van der Waals surface area contributed by atoms with Crippen molar-refractivity contribution in [1.29, 1.82) is 0 Å². The van der Waals surface area contributed by atoms with Gasteiger partial charge in [-0.05, 0) is 37.1 Å².